The molecule has 2 aliphatic rings. The average molecular weight is 259 g/mol. The number of rotatable bonds is 2. The van der Waals surface area contributed by atoms with Gasteiger partial charge in [0.2, 0.25) is 5.91 Å². The molecule has 5 nitrogen and oxygen atoms in total. The van der Waals surface area contributed by atoms with Gasteiger partial charge in [-0.15, -0.1) is 0 Å². The fourth-order valence-electron chi connectivity index (χ4n) is 2.35. The number of carbonyl (C=O) groups excluding carboxylic acids is 1. The van der Waals surface area contributed by atoms with Crippen molar-refractivity contribution in [3.63, 3.8) is 0 Å². The lowest BCUT2D eigenvalue weighted by atomic mass is 10.2. The summed E-state index contributed by atoms with van der Waals surface area (Å²) in [5.41, 5.74) is 0. The summed E-state index contributed by atoms with van der Waals surface area (Å²) in [4.78, 5) is 16.4. The van der Waals surface area contributed by atoms with Gasteiger partial charge < -0.3 is 10.2 Å². The molecule has 0 spiro atoms. The molecule has 1 N–H and O–H groups in total. The van der Waals surface area contributed by atoms with E-state index in [1.807, 2.05) is 11.8 Å². The van der Waals surface area contributed by atoms with Gasteiger partial charge in [-0.05, 0) is 6.92 Å². The number of carbonyl (C=O) groups is 1. The topological polar surface area (TPSA) is 52.7 Å². The normalized spacial score (nSPS) is 25.8. The first-order valence-corrected chi connectivity index (χ1v) is 7.76. The van der Waals surface area contributed by atoms with E-state index in [4.69, 9.17) is 0 Å². The summed E-state index contributed by atoms with van der Waals surface area (Å²) in [6, 6.07) is -0.0383. The Balaban J connectivity index is 1.87. The Morgan fingerprint density at radius 3 is 2.35 bits per heavy atom. The number of nitrogens with one attached hydrogen (secondary N) is 1. The van der Waals surface area contributed by atoms with Crippen LogP contribution in [0.3, 0.4) is 0 Å². The first kappa shape index (κ1) is 13.0. The van der Waals surface area contributed by atoms with Crippen LogP contribution in [0, 0.1) is 0 Å². The maximum atomic E-state index is 12.3. The van der Waals surface area contributed by atoms with E-state index in [1.54, 1.807) is 0 Å². The van der Waals surface area contributed by atoms with E-state index in [9.17, 15) is 9.00 Å². The van der Waals surface area contributed by atoms with E-state index in [-0.39, 0.29) is 11.9 Å². The third kappa shape index (κ3) is 3.26. The zero-order chi connectivity index (χ0) is 12.3. The fourth-order valence-corrected chi connectivity index (χ4v) is 3.40. The Labute approximate surface area is 105 Å². The van der Waals surface area contributed by atoms with Crippen molar-refractivity contribution in [3.8, 4) is 0 Å². The molecule has 0 radical (unpaired) electrons. The Morgan fingerprint density at radius 1 is 1.18 bits per heavy atom. The fraction of sp³-hybridized carbons (Fsp3) is 0.909. The lowest BCUT2D eigenvalue weighted by Crippen LogP contribution is -2.55. The molecule has 17 heavy (non-hydrogen) atoms. The SMILES string of the molecule is CC(C(=O)N1CCS(=O)CC1)N1CCNCC1. The van der Waals surface area contributed by atoms with E-state index >= 15 is 0 Å². The van der Waals surface area contributed by atoms with Crippen molar-refractivity contribution in [3.05, 3.63) is 0 Å². The van der Waals surface area contributed by atoms with Gasteiger partial charge in [0.05, 0.1) is 6.04 Å². The minimum Gasteiger partial charge on any atom is -0.340 e. The molecule has 1 unspecified atom stereocenters. The van der Waals surface area contributed by atoms with E-state index in [0.29, 0.717) is 24.6 Å². The van der Waals surface area contributed by atoms with Crippen LogP contribution in [0.4, 0.5) is 0 Å². The van der Waals surface area contributed by atoms with Gasteiger partial charge in [0.1, 0.15) is 0 Å². The van der Waals surface area contributed by atoms with Crippen molar-refractivity contribution in [2.45, 2.75) is 13.0 Å². The van der Waals surface area contributed by atoms with Crippen molar-refractivity contribution in [1.29, 1.82) is 0 Å². The lowest BCUT2D eigenvalue weighted by Gasteiger charge is -2.36. The second-order valence-electron chi connectivity index (χ2n) is 4.64. The highest BCUT2D eigenvalue weighted by Gasteiger charge is 2.28. The molecule has 0 aliphatic carbocycles. The second kappa shape index (κ2) is 5.93. The van der Waals surface area contributed by atoms with Gasteiger partial charge in [-0.3, -0.25) is 13.9 Å². The predicted molar refractivity (Wildman–Crippen MR) is 68.4 cm³/mol. The molecule has 2 aliphatic heterocycles. The molecular weight excluding hydrogens is 238 g/mol. The Bertz CT molecular complexity index is 295. The van der Waals surface area contributed by atoms with Gasteiger partial charge in [0.15, 0.2) is 0 Å². The minimum absolute atomic E-state index is 0.0383. The number of hydrogen-bond acceptors (Lipinski definition) is 4. The Morgan fingerprint density at radius 2 is 1.76 bits per heavy atom. The van der Waals surface area contributed by atoms with Crippen molar-refractivity contribution in [1.82, 2.24) is 15.1 Å². The first-order chi connectivity index (χ1) is 8.18. The standard InChI is InChI=1S/C11H21N3O2S/c1-10(13-4-2-12-3-5-13)11(15)14-6-8-17(16)9-7-14/h10,12H,2-9H2,1H3. The van der Waals surface area contributed by atoms with E-state index in [0.717, 1.165) is 26.2 Å². The van der Waals surface area contributed by atoms with Crippen molar-refractivity contribution >= 4 is 16.7 Å². The van der Waals surface area contributed by atoms with Crippen LogP contribution < -0.4 is 5.32 Å². The smallest absolute Gasteiger partial charge is 0.239 e. The molecule has 0 aromatic rings. The van der Waals surface area contributed by atoms with Crippen LogP contribution in [0.5, 0.6) is 0 Å². The Kier molecular flexibility index (Phi) is 4.53. The number of piperazine rings is 1. The van der Waals surface area contributed by atoms with Gasteiger partial charge in [-0.2, -0.15) is 0 Å². The van der Waals surface area contributed by atoms with Gasteiger partial charge in [0.25, 0.3) is 0 Å². The molecule has 6 heteroatoms. The summed E-state index contributed by atoms with van der Waals surface area (Å²) in [5, 5.41) is 3.29. The summed E-state index contributed by atoms with van der Waals surface area (Å²) < 4.78 is 11.3. The van der Waals surface area contributed by atoms with Crippen LogP contribution in [-0.4, -0.2) is 76.7 Å². The largest absolute Gasteiger partial charge is 0.340 e. The molecule has 0 bridgehead atoms. The van der Waals surface area contributed by atoms with Crippen LogP contribution in [-0.2, 0) is 15.6 Å². The quantitative estimate of drug-likeness (QED) is 0.682. The van der Waals surface area contributed by atoms with Gasteiger partial charge >= 0.3 is 0 Å². The second-order valence-corrected chi connectivity index (χ2v) is 6.33. The molecule has 0 saturated carbocycles. The van der Waals surface area contributed by atoms with E-state index < -0.39 is 10.8 Å². The molecule has 1 atom stereocenters. The molecule has 2 saturated heterocycles. The molecule has 2 heterocycles. The first-order valence-electron chi connectivity index (χ1n) is 6.27. The van der Waals surface area contributed by atoms with Gasteiger partial charge in [-0.1, -0.05) is 0 Å². The van der Waals surface area contributed by atoms with E-state index in [1.165, 1.54) is 0 Å². The molecule has 0 aromatic carbocycles. The third-order valence-electron chi connectivity index (χ3n) is 3.55. The maximum Gasteiger partial charge on any atom is 0.239 e. The highest BCUT2D eigenvalue weighted by Crippen LogP contribution is 2.08. The summed E-state index contributed by atoms with van der Waals surface area (Å²) in [6.45, 7) is 7.09. The highest BCUT2D eigenvalue weighted by molar-refractivity contribution is 7.85. The average Bonchev–Trinajstić information content (AvgIpc) is 2.39. The van der Waals surface area contributed by atoms with Crippen LogP contribution in [0.15, 0.2) is 0 Å². The van der Waals surface area contributed by atoms with Crippen LogP contribution in [0.1, 0.15) is 6.92 Å². The zero-order valence-corrected chi connectivity index (χ0v) is 11.2. The third-order valence-corrected chi connectivity index (χ3v) is 4.82. The van der Waals surface area contributed by atoms with Crippen molar-refractivity contribution in [2.75, 3.05) is 50.8 Å². The maximum absolute atomic E-state index is 12.3. The number of amides is 1. The zero-order valence-electron chi connectivity index (χ0n) is 10.4. The molecule has 2 fully saturated rings. The monoisotopic (exact) mass is 259 g/mol. The summed E-state index contributed by atoms with van der Waals surface area (Å²) in [6.07, 6.45) is 0. The van der Waals surface area contributed by atoms with Crippen molar-refractivity contribution < 1.29 is 9.00 Å². The van der Waals surface area contributed by atoms with Crippen LogP contribution in [0.2, 0.25) is 0 Å². The van der Waals surface area contributed by atoms with Gasteiger partial charge in [-0.25, -0.2) is 0 Å². The predicted octanol–water partition coefficient (Wildman–Crippen LogP) is -1.13. The summed E-state index contributed by atoms with van der Waals surface area (Å²) in [5.74, 6) is 1.48. The summed E-state index contributed by atoms with van der Waals surface area (Å²) in [7, 11) is -0.713. The minimum atomic E-state index is -0.713. The highest BCUT2D eigenvalue weighted by atomic mass is 32.2. The van der Waals surface area contributed by atoms with Crippen molar-refractivity contribution in [2.24, 2.45) is 0 Å². The van der Waals surface area contributed by atoms with E-state index in [2.05, 4.69) is 10.2 Å². The van der Waals surface area contributed by atoms with Crippen LogP contribution in [0.25, 0.3) is 0 Å². The molecular formula is C11H21N3O2S. The van der Waals surface area contributed by atoms with Crippen LogP contribution >= 0.6 is 0 Å². The lowest BCUT2D eigenvalue weighted by molar-refractivity contribution is -0.136. The molecule has 1 amide bonds. The molecule has 2 rings (SSSR count). The summed E-state index contributed by atoms with van der Waals surface area (Å²) >= 11 is 0. The molecule has 98 valence electrons. The number of hydrogen-bond donors (Lipinski definition) is 1. The Hall–Kier alpha value is -0.460. The number of nitrogens with zero attached hydrogens (tertiary/aromatic N) is 2. The van der Waals surface area contributed by atoms with Gasteiger partial charge in [0, 0.05) is 61.6 Å². The molecule has 0 aromatic heterocycles.